The lowest BCUT2D eigenvalue weighted by molar-refractivity contribution is 0.0997. The molecule has 21 heavy (non-hydrogen) atoms. The molecule has 120 valence electrons. The van der Waals surface area contributed by atoms with Gasteiger partial charge < -0.3 is 19.5 Å². The summed E-state index contributed by atoms with van der Waals surface area (Å²) in [7, 11) is -3.21. The molecule has 6 heteroatoms. The van der Waals surface area contributed by atoms with E-state index < -0.39 is 7.60 Å². The van der Waals surface area contributed by atoms with E-state index in [0.29, 0.717) is 13.0 Å². The first-order valence-corrected chi connectivity index (χ1v) is 8.91. The minimum absolute atomic E-state index is 0.0360. The molecule has 1 aromatic rings. The minimum atomic E-state index is -3.21. The number of nitrogens with two attached hydrogens (primary N) is 1. The van der Waals surface area contributed by atoms with Crippen molar-refractivity contribution in [2.75, 3.05) is 18.7 Å². The van der Waals surface area contributed by atoms with Crippen LogP contribution in [0.25, 0.3) is 0 Å². The maximum Gasteiger partial charge on any atom is 0.356 e. The van der Waals surface area contributed by atoms with Crippen LogP contribution in [0.3, 0.4) is 0 Å². The van der Waals surface area contributed by atoms with Crippen LogP contribution < -0.4 is 5.73 Å². The molecule has 2 N–H and O–H groups in total. The Labute approximate surface area is 127 Å². The first-order chi connectivity index (χ1) is 9.81. The highest BCUT2D eigenvalue weighted by Crippen LogP contribution is 2.50. The molecule has 0 bridgehead atoms. The Morgan fingerprint density at radius 1 is 1.14 bits per heavy atom. The molecule has 0 aliphatic carbocycles. The second-order valence-corrected chi connectivity index (χ2v) is 7.35. The molecule has 5 nitrogen and oxygen atoms in total. The molecule has 0 saturated carbocycles. The van der Waals surface area contributed by atoms with Gasteiger partial charge in [-0.25, -0.2) is 0 Å². The van der Waals surface area contributed by atoms with Crippen LogP contribution in [-0.4, -0.2) is 25.2 Å². The SMILES string of the molecule is CC(C)OP(=O)(COCCc1cccc(N)c1)OC(C)C. The van der Waals surface area contributed by atoms with Crippen molar-refractivity contribution in [2.45, 2.75) is 46.3 Å². The zero-order valence-electron chi connectivity index (χ0n) is 13.2. The summed E-state index contributed by atoms with van der Waals surface area (Å²) in [4.78, 5) is 0. The second kappa shape index (κ2) is 8.54. The molecule has 1 rings (SSSR count). The minimum Gasteiger partial charge on any atom is -0.399 e. The third-order valence-electron chi connectivity index (χ3n) is 2.48. The standard InChI is InChI=1S/C15H26NO4P/c1-12(2)19-21(17,20-13(3)4)11-18-9-8-14-6-5-7-15(16)10-14/h5-7,10,12-13H,8-9,11,16H2,1-4H3. The zero-order chi connectivity index (χ0) is 15.9. The van der Waals surface area contributed by atoms with E-state index in [4.69, 9.17) is 19.5 Å². The van der Waals surface area contributed by atoms with Crippen molar-refractivity contribution in [3.8, 4) is 0 Å². The molecular formula is C15H26NO4P. The van der Waals surface area contributed by atoms with Gasteiger partial charge >= 0.3 is 7.60 Å². The molecule has 0 amide bonds. The van der Waals surface area contributed by atoms with Gasteiger partial charge in [0.15, 0.2) is 0 Å². The van der Waals surface area contributed by atoms with Crippen LogP contribution in [0.1, 0.15) is 33.3 Å². The topological polar surface area (TPSA) is 70.8 Å². The molecule has 0 atom stereocenters. The maximum atomic E-state index is 12.5. The largest absolute Gasteiger partial charge is 0.399 e. The van der Waals surface area contributed by atoms with Gasteiger partial charge in [0, 0.05) is 5.69 Å². The van der Waals surface area contributed by atoms with Crippen molar-refractivity contribution >= 4 is 13.3 Å². The summed E-state index contributed by atoms with van der Waals surface area (Å²) in [5.41, 5.74) is 7.53. The van der Waals surface area contributed by atoms with Crippen LogP contribution >= 0.6 is 7.60 Å². The second-order valence-electron chi connectivity index (χ2n) is 5.45. The molecule has 0 saturated heterocycles. The van der Waals surface area contributed by atoms with Crippen LogP contribution in [-0.2, 0) is 24.8 Å². The molecular weight excluding hydrogens is 289 g/mol. The summed E-state index contributed by atoms with van der Waals surface area (Å²) in [6.45, 7) is 7.73. The van der Waals surface area contributed by atoms with Gasteiger partial charge in [0.25, 0.3) is 0 Å². The lowest BCUT2D eigenvalue weighted by Crippen LogP contribution is -2.12. The Hall–Kier alpha value is -0.870. The maximum absolute atomic E-state index is 12.5. The fourth-order valence-electron chi connectivity index (χ4n) is 1.84. The zero-order valence-corrected chi connectivity index (χ0v) is 14.1. The normalized spacial score (nSPS) is 12.3. The number of hydrogen-bond acceptors (Lipinski definition) is 5. The molecule has 0 fully saturated rings. The number of ether oxygens (including phenoxy) is 1. The van der Waals surface area contributed by atoms with E-state index in [1.54, 1.807) is 0 Å². The summed E-state index contributed by atoms with van der Waals surface area (Å²) < 4.78 is 28.8. The molecule has 1 aromatic carbocycles. The predicted octanol–water partition coefficient (Wildman–Crippen LogP) is 3.83. The first-order valence-electron chi connectivity index (χ1n) is 7.19. The van der Waals surface area contributed by atoms with Crippen molar-refractivity contribution < 1.29 is 18.3 Å². The van der Waals surface area contributed by atoms with E-state index in [9.17, 15) is 4.57 Å². The summed E-state index contributed by atoms with van der Waals surface area (Å²) in [5.74, 6) is 0. The monoisotopic (exact) mass is 315 g/mol. The van der Waals surface area contributed by atoms with Crippen molar-refractivity contribution in [1.82, 2.24) is 0 Å². The summed E-state index contributed by atoms with van der Waals surface area (Å²) in [5, 5.41) is 0. The van der Waals surface area contributed by atoms with Gasteiger partial charge in [0.1, 0.15) is 6.35 Å². The first kappa shape index (κ1) is 18.2. The van der Waals surface area contributed by atoms with Crippen LogP contribution in [0, 0.1) is 0 Å². The van der Waals surface area contributed by atoms with Gasteiger partial charge in [-0.05, 0) is 51.8 Å². The van der Waals surface area contributed by atoms with E-state index in [1.165, 1.54) is 0 Å². The van der Waals surface area contributed by atoms with E-state index in [-0.39, 0.29) is 18.6 Å². The van der Waals surface area contributed by atoms with E-state index in [1.807, 2.05) is 52.0 Å². The highest BCUT2D eigenvalue weighted by molar-refractivity contribution is 7.53. The third-order valence-corrected chi connectivity index (χ3v) is 4.46. The number of hydrogen-bond donors (Lipinski definition) is 1. The third kappa shape index (κ3) is 7.63. The van der Waals surface area contributed by atoms with Gasteiger partial charge in [-0.1, -0.05) is 12.1 Å². The highest BCUT2D eigenvalue weighted by Gasteiger charge is 2.27. The van der Waals surface area contributed by atoms with Crippen LogP contribution in [0.5, 0.6) is 0 Å². The Kier molecular flexibility index (Phi) is 7.40. The number of rotatable bonds is 9. The van der Waals surface area contributed by atoms with Gasteiger partial charge in [-0.3, -0.25) is 4.57 Å². The number of nitrogen functional groups attached to an aromatic ring is 1. The van der Waals surface area contributed by atoms with Crippen LogP contribution in [0.2, 0.25) is 0 Å². The molecule has 0 aromatic heterocycles. The average Bonchev–Trinajstić information content (AvgIpc) is 2.32. The fraction of sp³-hybridized carbons (Fsp3) is 0.600. The smallest absolute Gasteiger partial charge is 0.356 e. The Bertz CT molecular complexity index is 462. The molecule has 0 spiro atoms. The van der Waals surface area contributed by atoms with Crippen LogP contribution in [0.15, 0.2) is 24.3 Å². The lowest BCUT2D eigenvalue weighted by Gasteiger charge is -2.22. The molecule has 0 unspecified atom stereocenters. The number of benzene rings is 1. The lowest BCUT2D eigenvalue weighted by atomic mass is 10.1. The molecule has 0 aliphatic rings. The number of anilines is 1. The van der Waals surface area contributed by atoms with E-state index in [0.717, 1.165) is 11.3 Å². The Balaban J connectivity index is 2.44. The summed E-state index contributed by atoms with van der Waals surface area (Å²) >= 11 is 0. The van der Waals surface area contributed by atoms with Gasteiger partial charge in [-0.15, -0.1) is 0 Å². The van der Waals surface area contributed by atoms with Gasteiger partial charge in [0.2, 0.25) is 0 Å². The molecule has 0 aliphatic heterocycles. The predicted molar refractivity (Wildman–Crippen MR) is 85.4 cm³/mol. The van der Waals surface area contributed by atoms with Crippen molar-refractivity contribution in [1.29, 1.82) is 0 Å². The average molecular weight is 315 g/mol. The highest BCUT2D eigenvalue weighted by atomic mass is 31.2. The Morgan fingerprint density at radius 3 is 2.29 bits per heavy atom. The van der Waals surface area contributed by atoms with Gasteiger partial charge in [0.05, 0.1) is 18.8 Å². The quantitative estimate of drug-likeness (QED) is 0.426. The Morgan fingerprint density at radius 2 is 1.76 bits per heavy atom. The van der Waals surface area contributed by atoms with Crippen molar-refractivity contribution in [3.63, 3.8) is 0 Å². The van der Waals surface area contributed by atoms with Crippen molar-refractivity contribution in [3.05, 3.63) is 29.8 Å². The van der Waals surface area contributed by atoms with Gasteiger partial charge in [-0.2, -0.15) is 0 Å². The van der Waals surface area contributed by atoms with Crippen LogP contribution in [0.4, 0.5) is 5.69 Å². The van der Waals surface area contributed by atoms with E-state index in [2.05, 4.69) is 0 Å². The van der Waals surface area contributed by atoms with Crippen molar-refractivity contribution in [2.24, 2.45) is 0 Å². The fourth-order valence-corrected chi connectivity index (χ4v) is 3.65. The summed E-state index contributed by atoms with van der Waals surface area (Å²) in [6, 6.07) is 7.62. The molecule has 0 radical (unpaired) electrons. The summed E-state index contributed by atoms with van der Waals surface area (Å²) in [6.07, 6.45) is 0.319. The van der Waals surface area contributed by atoms with E-state index >= 15 is 0 Å². The molecule has 0 heterocycles.